The molecule has 1 aromatic heterocycles. The lowest BCUT2D eigenvalue weighted by Crippen LogP contribution is -2.41. The van der Waals surface area contributed by atoms with Crippen LogP contribution in [-0.4, -0.2) is 24.2 Å². The Bertz CT molecular complexity index is 389. The van der Waals surface area contributed by atoms with Crippen molar-refractivity contribution in [3.63, 3.8) is 0 Å². The maximum Gasteiger partial charge on any atom is 0.393 e. The Morgan fingerprint density at radius 3 is 2.89 bits per heavy atom. The molecule has 1 saturated heterocycles. The summed E-state index contributed by atoms with van der Waals surface area (Å²) in [7, 11) is 0. The SMILES string of the molecule is NCc1ccoc1CN1CCCC(C(F)(F)F)C1. The molecule has 6 heteroatoms. The Morgan fingerprint density at radius 1 is 1.44 bits per heavy atom. The van der Waals surface area contributed by atoms with Crippen LogP contribution in [0.2, 0.25) is 0 Å². The molecule has 2 rings (SSSR count). The van der Waals surface area contributed by atoms with E-state index >= 15 is 0 Å². The smallest absolute Gasteiger partial charge is 0.393 e. The Morgan fingerprint density at radius 2 is 2.22 bits per heavy atom. The molecule has 0 aliphatic carbocycles. The molecule has 18 heavy (non-hydrogen) atoms. The van der Waals surface area contributed by atoms with E-state index in [0.29, 0.717) is 31.8 Å². The number of hydrogen-bond donors (Lipinski definition) is 1. The van der Waals surface area contributed by atoms with Crippen LogP contribution in [0.4, 0.5) is 13.2 Å². The Hall–Kier alpha value is -1.01. The monoisotopic (exact) mass is 262 g/mol. The Kier molecular flexibility index (Phi) is 3.97. The fourth-order valence-corrected chi connectivity index (χ4v) is 2.36. The molecule has 1 unspecified atom stereocenters. The first kappa shape index (κ1) is 13.4. The molecule has 1 aliphatic heterocycles. The summed E-state index contributed by atoms with van der Waals surface area (Å²) in [5, 5.41) is 0. The van der Waals surface area contributed by atoms with Crippen LogP contribution in [0.5, 0.6) is 0 Å². The summed E-state index contributed by atoms with van der Waals surface area (Å²) in [6, 6.07) is 1.76. The number of nitrogens with zero attached hydrogens (tertiary/aromatic N) is 1. The van der Waals surface area contributed by atoms with Crippen molar-refractivity contribution >= 4 is 0 Å². The molecule has 1 fully saturated rings. The van der Waals surface area contributed by atoms with Crippen molar-refractivity contribution in [2.45, 2.75) is 32.1 Å². The lowest BCUT2D eigenvalue weighted by atomic mass is 9.97. The van der Waals surface area contributed by atoms with Crippen LogP contribution in [0.25, 0.3) is 0 Å². The maximum atomic E-state index is 12.7. The molecule has 0 amide bonds. The second kappa shape index (κ2) is 5.32. The van der Waals surface area contributed by atoms with E-state index < -0.39 is 12.1 Å². The molecule has 0 saturated carbocycles. The minimum absolute atomic E-state index is 0.0498. The second-order valence-corrected chi connectivity index (χ2v) is 4.69. The third kappa shape index (κ3) is 3.05. The predicted octanol–water partition coefficient (Wildman–Crippen LogP) is 2.51. The summed E-state index contributed by atoms with van der Waals surface area (Å²) >= 11 is 0. The average molecular weight is 262 g/mol. The van der Waals surface area contributed by atoms with Crippen LogP contribution in [0.3, 0.4) is 0 Å². The van der Waals surface area contributed by atoms with Crippen LogP contribution in [-0.2, 0) is 13.1 Å². The number of likely N-dealkylation sites (tertiary alicyclic amines) is 1. The van der Waals surface area contributed by atoms with Crippen molar-refractivity contribution in [1.82, 2.24) is 4.90 Å². The molecule has 1 aromatic rings. The van der Waals surface area contributed by atoms with Crippen molar-refractivity contribution < 1.29 is 17.6 Å². The first-order chi connectivity index (χ1) is 8.50. The number of alkyl halides is 3. The first-order valence-electron chi connectivity index (χ1n) is 6.05. The van der Waals surface area contributed by atoms with E-state index in [-0.39, 0.29) is 13.0 Å². The highest BCUT2D eigenvalue weighted by Crippen LogP contribution is 2.33. The van der Waals surface area contributed by atoms with Gasteiger partial charge in [0, 0.05) is 18.7 Å². The number of furan rings is 1. The highest BCUT2D eigenvalue weighted by molar-refractivity contribution is 5.16. The van der Waals surface area contributed by atoms with Gasteiger partial charge in [-0.3, -0.25) is 4.90 Å². The van der Waals surface area contributed by atoms with Crippen molar-refractivity contribution in [3.05, 3.63) is 23.7 Å². The quantitative estimate of drug-likeness (QED) is 0.910. The standard InChI is InChI=1S/C12H17F3N2O/c13-12(14,15)10-2-1-4-17(7-10)8-11-9(6-16)3-5-18-11/h3,5,10H,1-2,4,6-8,16H2. The number of nitrogens with two attached hydrogens (primary N) is 1. The number of piperidine rings is 1. The zero-order chi connectivity index (χ0) is 13.2. The number of rotatable bonds is 3. The van der Waals surface area contributed by atoms with E-state index in [9.17, 15) is 13.2 Å². The molecule has 2 heterocycles. The van der Waals surface area contributed by atoms with Gasteiger partial charge in [-0.25, -0.2) is 0 Å². The molecule has 0 aromatic carbocycles. The summed E-state index contributed by atoms with van der Waals surface area (Å²) in [4.78, 5) is 1.79. The van der Waals surface area contributed by atoms with Crippen molar-refractivity contribution in [3.8, 4) is 0 Å². The Balaban J connectivity index is 1.98. The molecule has 2 N–H and O–H groups in total. The first-order valence-corrected chi connectivity index (χ1v) is 6.05. The van der Waals surface area contributed by atoms with E-state index in [4.69, 9.17) is 10.2 Å². The second-order valence-electron chi connectivity index (χ2n) is 4.69. The minimum Gasteiger partial charge on any atom is -0.468 e. The lowest BCUT2D eigenvalue weighted by molar-refractivity contribution is -0.187. The summed E-state index contributed by atoms with van der Waals surface area (Å²) in [5.74, 6) is -0.539. The van der Waals surface area contributed by atoms with E-state index in [1.807, 2.05) is 0 Å². The summed E-state index contributed by atoms with van der Waals surface area (Å²) in [6.45, 7) is 1.49. The van der Waals surface area contributed by atoms with Gasteiger partial charge in [0.25, 0.3) is 0 Å². The molecule has 0 spiro atoms. The van der Waals surface area contributed by atoms with E-state index in [0.717, 1.165) is 5.56 Å². The summed E-state index contributed by atoms with van der Waals surface area (Å²) in [6.07, 6.45) is -1.77. The molecule has 1 aliphatic rings. The van der Waals surface area contributed by atoms with Crippen molar-refractivity contribution in [2.75, 3.05) is 13.1 Å². The Labute approximate surface area is 104 Å². The average Bonchev–Trinajstić information content (AvgIpc) is 2.75. The lowest BCUT2D eigenvalue weighted by Gasteiger charge is -2.33. The van der Waals surface area contributed by atoms with Gasteiger partial charge >= 0.3 is 6.18 Å². The summed E-state index contributed by atoms with van der Waals surface area (Å²) in [5.41, 5.74) is 6.40. The van der Waals surface area contributed by atoms with Gasteiger partial charge in [0.15, 0.2) is 0 Å². The largest absolute Gasteiger partial charge is 0.468 e. The predicted molar refractivity (Wildman–Crippen MR) is 60.7 cm³/mol. The van der Waals surface area contributed by atoms with Crippen LogP contribution in [0.15, 0.2) is 16.7 Å². The van der Waals surface area contributed by atoms with Gasteiger partial charge in [-0.2, -0.15) is 13.2 Å². The van der Waals surface area contributed by atoms with E-state index in [2.05, 4.69) is 0 Å². The molecule has 3 nitrogen and oxygen atoms in total. The zero-order valence-electron chi connectivity index (χ0n) is 10.0. The fraction of sp³-hybridized carbons (Fsp3) is 0.667. The van der Waals surface area contributed by atoms with Crippen LogP contribution >= 0.6 is 0 Å². The zero-order valence-corrected chi connectivity index (χ0v) is 10.0. The van der Waals surface area contributed by atoms with E-state index in [1.54, 1.807) is 11.0 Å². The molecule has 102 valence electrons. The van der Waals surface area contributed by atoms with Gasteiger partial charge in [-0.15, -0.1) is 0 Å². The molecule has 1 atom stereocenters. The van der Waals surface area contributed by atoms with Gasteiger partial charge in [-0.05, 0) is 25.5 Å². The van der Waals surface area contributed by atoms with Crippen molar-refractivity contribution in [2.24, 2.45) is 11.7 Å². The van der Waals surface area contributed by atoms with Crippen LogP contribution in [0.1, 0.15) is 24.2 Å². The van der Waals surface area contributed by atoms with E-state index in [1.165, 1.54) is 6.26 Å². The topological polar surface area (TPSA) is 42.4 Å². The molecule has 0 radical (unpaired) electrons. The highest BCUT2D eigenvalue weighted by atomic mass is 19.4. The third-order valence-corrected chi connectivity index (χ3v) is 3.39. The maximum absolute atomic E-state index is 12.7. The van der Waals surface area contributed by atoms with Gasteiger partial charge in [0.05, 0.1) is 18.7 Å². The van der Waals surface area contributed by atoms with Gasteiger partial charge in [-0.1, -0.05) is 0 Å². The molecule has 0 bridgehead atoms. The molecular weight excluding hydrogens is 245 g/mol. The van der Waals surface area contributed by atoms with Gasteiger partial charge < -0.3 is 10.2 Å². The third-order valence-electron chi connectivity index (χ3n) is 3.39. The van der Waals surface area contributed by atoms with Crippen LogP contribution < -0.4 is 5.73 Å². The van der Waals surface area contributed by atoms with Gasteiger partial charge in [0.1, 0.15) is 5.76 Å². The number of hydrogen-bond acceptors (Lipinski definition) is 3. The number of halogens is 3. The highest BCUT2D eigenvalue weighted by Gasteiger charge is 2.41. The normalized spacial score (nSPS) is 22.3. The fourth-order valence-electron chi connectivity index (χ4n) is 2.36. The van der Waals surface area contributed by atoms with Gasteiger partial charge in [0.2, 0.25) is 0 Å². The molecular formula is C12H17F3N2O. The van der Waals surface area contributed by atoms with Crippen molar-refractivity contribution in [1.29, 1.82) is 0 Å². The van der Waals surface area contributed by atoms with Crippen LogP contribution in [0, 0.1) is 5.92 Å². The minimum atomic E-state index is -4.10. The summed E-state index contributed by atoms with van der Waals surface area (Å²) < 4.78 is 43.3.